The van der Waals surface area contributed by atoms with Gasteiger partial charge in [0, 0.05) is 18.0 Å². The summed E-state index contributed by atoms with van der Waals surface area (Å²) in [6, 6.07) is 12.7. The zero-order valence-electron chi connectivity index (χ0n) is 24.5. The molecular formula is C32H47NO4. The van der Waals surface area contributed by atoms with Crippen molar-refractivity contribution in [3.05, 3.63) is 69.8 Å². The summed E-state index contributed by atoms with van der Waals surface area (Å²) in [6.07, 6.45) is 2.62. The van der Waals surface area contributed by atoms with E-state index in [0.717, 1.165) is 30.4 Å². The summed E-state index contributed by atoms with van der Waals surface area (Å²) in [5, 5.41) is 20.2. The number of carboxylic acid groups (broad SMARTS) is 1. The summed E-state index contributed by atoms with van der Waals surface area (Å²) in [5.41, 5.74) is 5.04. The molecule has 2 aromatic rings. The molecular weight excluding hydrogens is 462 g/mol. The molecule has 0 aliphatic rings. The molecule has 2 aromatic carbocycles. The average Bonchev–Trinajstić information content (AvgIpc) is 2.80. The molecule has 0 radical (unpaired) electrons. The molecule has 2 atom stereocenters. The van der Waals surface area contributed by atoms with Crippen LogP contribution in [0.4, 0.5) is 0 Å². The highest BCUT2D eigenvalue weighted by Crippen LogP contribution is 2.41. The normalized spacial score (nSPS) is 14.7. The number of carbonyl (C=O) groups excluding carboxylic acids is 1. The van der Waals surface area contributed by atoms with Gasteiger partial charge in [-0.2, -0.15) is 0 Å². The molecule has 0 bridgehead atoms. The maximum absolute atomic E-state index is 12.8. The van der Waals surface area contributed by atoms with Crippen LogP contribution < -0.4 is 0 Å². The standard InChI is InChI=1S/C32H47NO4/c1-11-32(12-2,26-15-16-27(22(4)18-26)29(36)33(10)20-28(34)35)25-14-13-24(21(3)17-25)19-23(5)31(9,37)30(6,7)8/h13-18,23,37H,11-12,19-20H2,1-10H3,(H,34,35). The van der Waals surface area contributed by atoms with Gasteiger partial charge in [0.2, 0.25) is 0 Å². The predicted molar refractivity (Wildman–Crippen MR) is 151 cm³/mol. The molecule has 0 aliphatic heterocycles. The van der Waals surface area contributed by atoms with Gasteiger partial charge in [-0.25, -0.2) is 0 Å². The van der Waals surface area contributed by atoms with Gasteiger partial charge in [0.1, 0.15) is 6.54 Å². The van der Waals surface area contributed by atoms with Gasteiger partial charge in [0.25, 0.3) is 5.91 Å². The Morgan fingerprint density at radius 3 is 1.86 bits per heavy atom. The second-order valence-electron chi connectivity index (χ2n) is 12.0. The molecule has 2 unspecified atom stereocenters. The van der Waals surface area contributed by atoms with Crippen LogP contribution >= 0.6 is 0 Å². The van der Waals surface area contributed by atoms with Crippen molar-refractivity contribution in [3.63, 3.8) is 0 Å². The highest BCUT2D eigenvalue weighted by Gasteiger charge is 2.40. The number of amides is 1. The molecule has 0 saturated heterocycles. The topological polar surface area (TPSA) is 77.8 Å². The molecule has 5 nitrogen and oxygen atoms in total. The lowest BCUT2D eigenvalue weighted by atomic mass is 9.68. The van der Waals surface area contributed by atoms with Gasteiger partial charge in [-0.15, -0.1) is 0 Å². The Balaban J connectivity index is 2.44. The third-order valence-corrected chi connectivity index (χ3v) is 8.83. The van der Waals surface area contributed by atoms with Crippen LogP contribution in [-0.4, -0.2) is 46.2 Å². The largest absolute Gasteiger partial charge is 0.480 e. The van der Waals surface area contributed by atoms with E-state index < -0.39 is 11.6 Å². The first-order chi connectivity index (χ1) is 17.0. The lowest BCUT2D eigenvalue weighted by molar-refractivity contribution is -0.137. The zero-order chi connectivity index (χ0) is 28.3. The van der Waals surface area contributed by atoms with Crippen LogP contribution in [0.5, 0.6) is 0 Å². The summed E-state index contributed by atoms with van der Waals surface area (Å²) < 4.78 is 0. The second-order valence-corrected chi connectivity index (χ2v) is 12.0. The molecule has 5 heteroatoms. The van der Waals surface area contributed by atoms with Gasteiger partial charge < -0.3 is 15.1 Å². The van der Waals surface area contributed by atoms with Crippen LogP contribution in [-0.2, 0) is 16.6 Å². The van der Waals surface area contributed by atoms with Gasteiger partial charge in [-0.1, -0.05) is 71.9 Å². The Labute approximate surface area is 223 Å². The van der Waals surface area contributed by atoms with Gasteiger partial charge in [-0.05, 0) is 85.3 Å². The number of carboxylic acids is 1. The molecule has 1 amide bonds. The fraction of sp³-hybridized carbons (Fsp3) is 0.562. The minimum absolute atomic E-state index is 0.103. The van der Waals surface area contributed by atoms with Crippen molar-refractivity contribution in [2.24, 2.45) is 11.3 Å². The molecule has 37 heavy (non-hydrogen) atoms. The number of benzene rings is 2. The van der Waals surface area contributed by atoms with Gasteiger partial charge in [0.05, 0.1) is 5.60 Å². The molecule has 0 saturated carbocycles. The summed E-state index contributed by atoms with van der Waals surface area (Å²) in [6.45, 7) is 18.5. The van der Waals surface area contributed by atoms with Crippen molar-refractivity contribution in [2.45, 2.75) is 92.6 Å². The smallest absolute Gasteiger partial charge is 0.323 e. The molecule has 2 N–H and O–H groups in total. The van der Waals surface area contributed by atoms with Crippen molar-refractivity contribution >= 4 is 11.9 Å². The Morgan fingerprint density at radius 2 is 1.43 bits per heavy atom. The summed E-state index contributed by atoms with van der Waals surface area (Å²) >= 11 is 0. The summed E-state index contributed by atoms with van der Waals surface area (Å²) in [4.78, 5) is 25.1. The van der Waals surface area contributed by atoms with Crippen LogP contribution in [0.3, 0.4) is 0 Å². The Morgan fingerprint density at radius 1 is 0.919 bits per heavy atom. The zero-order valence-corrected chi connectivity index (χ0v) is 24.5. The van der Waals surface area contributed by atoms with Crippen LogP contribution in [0.25, 0.3) is 0 Å². The van der Waals surface area contributed by atoms with E-state index in [1.54, 1.807) is 0 Å². The van der Waals surface area contributed by atoms with Crippen molar-refractivity contribution in [1.29, 1.82) is 0 Å². The Bertz CT molecular complexity index is 1120. The first-order valence-corrected chi connectivity index (χ1v) is 13.4. The van der Waals surface area contributed by atoms with Crippen molar-refractivity contribution in [3.8, 4) is 0 Å². The SMILES string of the molecule is CCC(CC)(c1ccc(CC(C)C(C)(O)C(C)(C)C)c(C)c1)c1ccc(C(=O)N(C)CC(=O)O)c(C)c1. The van der Waals surface area contributed by atoms with E-state index in [9.17, 15) is 14.7 Å². The fourth-order valence-electron chi connectivity index (χ4n) is 5.41. The van der Waals surface area contributed by atoms with Crippen LogP contribution in [0.1, 0.15) is 99.5 Å². The number of aryl methyl sites for hydroxylation is 2. The Kier molecular flexibility index (Phi) is 9.41. The van der Waals surface area contributed by atoms with E-state index in [2.05, 4.69) is 72.7 Å². The molecule has 0 aliphatic carbocycles. The van der Waals surface area contributed by atoms with E-state index in [1.165, 1.54) is 28.6 Å². The lowest BCUT2D eigenvalue weighted by Gasteiger charge is -2.42. The van der Waals surface area contributed by atoms with E-state index >= 15 is 0 Å². The third kappa shape index (κ3) is 6.26. The first kappa shape index (κ1) is 30.6. The number of aliphatic carboxylic acids is 1. The summed E-state index contributed by atoms with van der Waals surface area (Å²) in [7, 11) is 1.51. The quantitative estimate of drug-likeness (QED) is 0.381. The average molecular weight is 510 g/mol. The third-order valence-electron chi connectivity index (χ3n) is 8.83. The van der Waals surface area contributed by atoms with E-state index in [4.69, 9.17) is 5.11 Å². The molecule has 2 rings (SSSR count). The van der Waals surface area contributed by atoms with E-state index in [1.807, 2.05) is 26.0 Å². The van der Waals surface area contributed by atoms with Gasteiger partial charge in [-0.3, -0.25) is 9.59 Å². The van der Waals surface area contributed by atoms with E-state index in [0.29, 0.717) is 5.56 Å². The number of carbonyl (C=O) groups is 2. The number of likely N-dealkylation sites (N-methyl/N-ethyl adjacent to an activating group) is 1. The first-order valence-electron chi connectivity index (χ1n) is 13.4. The van der Waals surface area contributed by atoms with Gasteiger partial charge in [0.15, 0.2) is 0 Å². The minimum atomic E-state index is -1.03. The maximum Gasteiger partial charge on any atom is 0.323 e. The molecule has 0 heterocycles. The van der Waals surface area contributed by atoms with Crippen LogP contribution in [0, 0.1) is 25.2 Å². The lowest BCUT2D eigenvalue weighted by Crippen LogP contribution is -2.46. The van der Waals surface area contributed by atoms with Gasteiger partial charge >= 0.3 is 5.97 Å². The number of hydrogen-bond donors (Lipinski definition) is 2. The fourth-order valence-corrected chi connectivity index (χ4v) is 5.41. The number of aliphatic hydroxyl groups is 1. The monoisotopic (exact) mass is 509 g/mol. The van der Waals surface area contributed by atoms with Crippen molar-refractivity contribution in [1.82, 2.24) is 4.90 Å². The second kappa shape index (κ2) is 11.4. The molecule has 0 fully saturated rings. The van der Waals surface area contributed by atoms with Crippen molar-refractivity contribution in [2.75, 3.05) is 13.6 Å². The summed E-state index contributed by atoms with van der Waals surface area (Å²) in [5.74, 6) is -1.21. The molecule has 0 aromatic heterocycles. The minimum Gasteiger partial charge on any atom is -0.480 e. The molecule has 0 spiro atoms. The van der Waals surface area contributed by atoms with Crippen LogP contribution in [0.15, 0.2) is 36.4 Å². The van der Waals surface area contributed by atoms with E-state index in [-0.39, 0.29) is 29.2 Å². The number of nitrogens with zero attached hydrogens (tertiary/aromatic N) is 1. The number of hydrogen-bond acceptors (Lipinski definition) is 3. The highest BCUT2D eigenvalue weighted by atomic mass is 16.4. The maximum atomic E-state index is 12.8. The highest BCUT2D eigenvalue weighted by molar-refractivity contribution is 5.97. The van der Waals surface area contributed by atoms with Crippen LogP contribution in [0.2, 0.25) is 0 Å². The van der Waals surface area contributed by atoms with Crippen molar-refractivity contribution < 1.29 is 19.8 Å². The number of rotatable bonds is 10. The predicted octanol–water partition coefficient (Wildman–Crippen LogP) is 6.54. The Hall–Kier alpha value is -2.66. The molecule has 204 valence electrons.